The fourth-order valence-electron chi connectivity index (χ4n) is 2.25. The van der Waals surface area contributed by atoms with Crippen molar-refractivity contribution in [2.24, 2.45) is 0 Å². The van der Waals surface area contributed by atoms with Crippen LogP contribution < -0.4 is 5.32 Å². The quantitative estimate of drug-likeness (QED) is 0.635. The first-order chi connectivity index (χ1) is 9.52. The number of hydrogen-bond acceptors (Lipinski definition) is 1. The lowest BCUT2D eigenvalue weighted by molar-refractivity contribution is 0.599. The van der Waals surface area contributed by atoms with Crippen molar-refractivity contribution >= 4 is 38.5 Å². The van der Waals surface area contributed by atoms with E-state index in [0.717, 1.165) is 27.7 Å². The Labute approximate surface area is 141 Å². The first kappa shape index (κ1) is 15.9. The third kappa shape index (κ3) is 3.59. The first-order valence-electron chi connectivity index (χ1n) is 6.47. The molecule has 0 saturated heterocycles. The van der Waals surface area contributed by atoms with Gasteiger partial charge in [-0.15, -0.1) is 0 Å². The summed E-state index contributed by atoms with van der Waals surface area (Å²) in [5, 5.41) is 3.46. The number of halogens is 3. The van der Waals surface area contributed by atoms with Crippen LogP contribution in [-0.4, -0.2) is 6.54 Å². The van der Waals surface area contributed by atoms with Crippen molar-refractivity contribution in [1.82, 2.24) is 5.32 Å². The summed E-state index contributed by atoms with van der Waals surface area (Å²) in [6, 6.07) is 11.2. The van der Waals surface area contributed by atoms with Gasteiger partial charge in [-0.1, -0.05) is 28.9 Å². The van der Waals surface area contributed by atoms with Crippen molar-refractivity contribution in [3.63, 3.8) is 0 Å². The van der Waals surface area contributed by atoms with E-state index in [4.69, 9.17) is 0 Å². The molecule has 1 unspecified atom stereocenters. The van der Waals surface area contributed by atoms with Gasteiger partial charge in [-0.3, -0.25) is 0 Å². The van der Waals surface area contributed by atoms with E-state index >= 15 is 0 Å². The van der Waals surface area contributed by atoms with Gasteiger partial charge in [0.1, 0.15) is 5.82 Å². The van der Waals surface area contributed by atoms with Crippen molar-refractivity contribution in [2.45, 2.75) is 19.9 Å². The van der Waals surface area contributed by atoms with Gasteiger partial charge < -0.3 is 5.32 Å². The monoisotopic (exact) mass is 447 g/mol. The van der Waals surface area contributed by atoms with E-state index in [-0.39, 0.29) is 11.9 Å². The number of aryl methyl sites for hydroxylation is 1. The summed E-state index contributed by atoms with van der Waals surface area (Å²) in [5.41, 5.74) is 3.24. The van der Waals surface area contributed by atoms with Gasteiger partial charge in [-0.25, -0.2) is 4.39 Å². The molecule has 0 fully saturated rings. The maximum atomic E-state index is 13.6. The van der Waals surface area contributed by atoms with E-state index in [1.54, 1.807) is 6.07 Å². The Balaban J connectivity index is 2.55. The summed E-state index contributed by atoms with van der Waals surface area (Å²) in [4.78, 5) is 0. The highest BCUT2D eigenvalue weighted by molar-refractivity contribution is 14.1. The lowest BCUT2D eigenvalue weighted by Gasteiger charge is -2.22. The minimum Gasteiger partial charge on any atom is -0.306 e. The molecule has 20 heavy (non-hydrogen) atoms. The average Bonchev–Trinajstić information content (AvgIpc) is 2.42. The Morgan fingerprint density at radius 2 is 1.95 bits per heavy atom. The molecule has 2 rings (SSSR count). The Morgan fingerprint density at radius 1 is 1.20 bits per heavy atom. The van der Waals surface area contributed by atoms with Crippen molar-refractivity contribution in [1.29, 1.82) is 0 Å². The van der Waals surface area contributed by atoms with E-state index in [2.05, 4.69) is 62.9 Å². The van der Waals surface area contributed by atoms with Gasteiger partial charge in [-0.05, 0) is 83.1 Å². The maximum absolute atomic E-state index is 13.6. The number of rotatable bonds is 4. The van der Waals surface area contributed by atoms with Gasteiger partial charge in [0.25, 0.3) is 0 Å². The topological polar surface area (TPSA) is 12.0 Å². The highest BCUT2D eigenvalue weighted by atomic mass is 127. The fourth-order valence-corrected chi connectivity index (χ4v) is 3.28. The third-order valence-electron chi connectivity index (χ3n) is 3.23. The Hall–Kier alpha value is -0.460. The molecule has 0 radical (unpaired) electrons. The predicted octanol–water partition coefficient (Wildman–Crippen LogP) is 5.20. The van der Waals surface area contributed by atoms with Crippen molar-refractivity contribution in [2.75, 3.05) is 6.54 Å². The van der Waals surface area contributed by atoms with Gasteiger partial charge >= 0.3 is 0 Å². The highest BCUT2D eigenvalue weighted by Gasteiger charge is 2.18. The molecule has 0 aliphatic rings. The van der Waals surface area contributed by atoms with Crippen LogP contribution in [0.1, 0.15) is 29.7 Å². The second-order valence-corrected chi connectivity index (χ2v) is 6.74. The molecule has 0 aromatic heterocycles. The second-order valence-electron chi connectivity index (χ2n) is 4.66. The first-order valence-corrected chi connectivity index (χ1v) is 8.34. The summed E-state index contributed by atoms with van der Waals surface area (Å²) in [5.74, 6) is -0.196. The van der Waals surface area contributed by atoms with Crippen LogP contribution in [0, 0.1) is 16.3 Å². The van der Waals surface area contributed by atoms with Crippen LogP contribution in [0.2, 0.25) is 0 Å². The smallest absolute Gasteiger partial charge is 0.123 e. The molecule has 4 heteroatoms. The van der Waals surface area contributed by atoms with Gasteiger partial charge in [0.2, 0.25) is 0 Å². The summed E-state index contributed by atoms with van der Waals surface area (Å²) >= 11 is 5.84. The zero-order valence-corrected chi connectivity index (χ0v) is 15.1. The van der Waals surface area contributed by atoms with E-state index in [9.17, 15) is 4.39 Å². The molecule has 0 bridgehead atoms. The molecule has 0 spiro atoms. The molecule has 1 atom stereocenters. The third-order valence-corrected chi connectivity index (χ3v) is 4.71. The molecular weight excluding hydrogens is 432 g/mol. The lowest BCUT2D eigenvalue weighted by atomic mass is 9.95. The highest BCUT2D eigenvalue weighted by Crippen LogP contribution is 2.30. The standard InChI is InChI=1S/C16H16BrFIN/c1-3-20-16(13-9-12(18)6-4-10(13)2)14-8-11(17)5-7-15(14)19/h4-9,16,20H,3H2,1-2H3. The Kier molecular flexibility index (Phi) is 5.57. The number of hydrogen-bond donors (Lipinski definition) is 1. The van der Waals surface area contributed by atoms with Crippen LogP contribution in [0.5, 0.6) is 0 Å². The zero-order chi connectivity index (χ0) is 14.7. The van der Waals surface area contributed by atoms with Crippen LogP contribution in [0.15, 0.2) is 40.9 Å². The molecule has 0 heterocycles. The molecule has 2 aromatic rings. The predicted molar refractivity (Wildman–Crippen MR) is 93.5 cm³/mol. The molecule has 1 nitrogen and oxygen atoms in total. The maximum Gasteiger partial charge on any atom is 0.123 e. The minimum atomic E-state index is -0.196. The normalized spacial score (nSPS) is 12.4. The van der Waals surface area contributed by atoms with Crippen LogP contribution >= 0.6 is 38.5 Å². The van der Waals surface area contributed by atoms with Gasteiger partial charge in [-0.2, -0.15) is 0 Å². The minimum absolute atomic E-state index is 0.0000926. The Bertz CT molecular complexity index is 564. The SMILES string of the molecule is CCNC(c1cc(F)ccc1C)c1cc(Br)ccc1I. The summed E-state index contributed by atoms with van der Waals surface area (Å²) in [7, 11) is 0. The average molecular weight is 448 g/mol. The molecule has 1 N–H and O–H groups in total. The van der Waals surface area contributed by atoms with E-state index in [1.165, 1.54) is 9.64 Å². The molecule has 2 aromatic carbocycles. The van der Waals surface area contributed by atoms with Gasteiger partial charge in [0, 0.05) is 8.04 Å². The lowest BCUT2D eigenvalue weighted by Crippen LogP contribution is -2.23. The Morgan fingerprint density at radius 3 is 2.65 bits per heavy atom. The molecule has 106 valence electrons. The molecule has 0 amide bonds. The molecule has 0 aliphatic carbocycles. The number of benzene rings is 2. The van der Waals surface area contributed by atoms with Crippen molar-refractivity contribution < 1.29 is 4.39 Å². The van der Waals surface area contributed by atoms with E-state index in [1.807, 2.05) is 19.1 Å². The van der Waals surface area contributed by atoms with Crippen molar-refractivity contribution in [3.8, 4) is 0 Å². The number of nitrogens with one attached hydrogen (secondary N) is 1. The second kappa shape index (κ2) is 7.00. The molecule has 0 saturated carbocycles. The van der Waals surface area contributed by atoms with Crippen LogP contribution in [0.25, 0.3) is 0 Å². The largest absolute Gasteiger partial charge is 0.306 e. The summed E-state index contributed by atoms with van der Waals surface area (Å²) in [6.07, 6.45) is 0. The zero-order valence-electron chi connectivity index (χ0n) is 11.4. The van der Waals surface area contributed by atoms with Crippen LogP contribution in [0.4, 0.5) is 4.39 Å². The fraction of sp³-hybridized carbons (Fsp3) is 0.250. The van der Waals surface area contributed by atoms with Gasteiger partial charge in [0.15, 0.2) is 0 Å². The van der Waals surface area contributed by atoms with Crippen molar-refractivity contribution in [3.05, 3.63) is 66.9 Å². The van der Waals surface area contributed by atoms with Crippen LogP contribution in [-0.2, 0) is 0 Å². The summed E-state index contributed by atoms with van der Waals surface area (Å²) < 4.78 is 15.8. The van der Waals surface area contributed by atoms with E-state index < -0.39 is 0 Å². The molecule has 0 aliphatic heterocycles. The molecular formula is C16H16BrFIN. The summed E-state index contributed by atoms with van der Waals surface area (Å²) in [6.45, 7) is 4.90. The van der Waals surface area contributed by atoms with Crippen LogP contribution in [0.3, 0.4) is 0 Å². The van der Waals surface area contributed by atoms with E-state index in [0.29, 0.717) is 0 Å². The van der Waals surface area contributed by atoms with Gasteiger partial charge in [0.05, 0.1) is 6.04 Å².